The van der Waals surface area contributed by atoms with E-state index >= 15 is 0 Å². The van der Waals surface area contributed by atoms with Gasteiger partial charge in [-0.15, -0.1) is 0 Å². The molecular weight excluding hydrogens is 194 g/mol. The number of halogens is 1. The summed E-state index contributed by atoms with van der Waals surface area (Å²) in [5.74, 6) is 0. The van der Waals surface area contributed by atoms with Crippen molar-refractivity contribution in [2.75, 3.05) is 6.79 Å². The first-order valence-corrected chi connectivity index (χ1v) is 3.96. The number of pyridine rings is 1. The van der Waals surface area contributed by atoms with Gasteiger partial charge in [0.2, 0.25) is 0 Å². The predicted molar refractivity (Wildman–Crippen MR) is 46.2 cm³/mol. The Morgan fingerprint density at radius 3 is 3.08 bits per heavy atom. The molecular formula is C8H8ClNO3. The van der Waals surface area contributed by atoms with Gasteiger partial charge in [-0.3, -0.25) is 4.98 Å². The number of ether oxygens (including phenoxy) is 2. The summed E-state index contributed by atoms with van der Waals surface area (Å²) in [5, 5.41) is 0. The second-order valence-electron chi connectivity index (χ2n) is 2.21. The predicted octanol–water partition coefficient (Wildman–Crippen LogP) is 1.93. The number of carbonyl (C=O) groups excluding carboxylic acids is 1. The van der Waals surface area contributed by atoms with E-state index in [2.05, 4.69) is 9.72 Å². The summed E-state index contributed by atoms with van der Waals surface area (Å²) in [4.78, 5) is 14.0. The minimum Gasteiger partial charge on any atom is -0.426 e. The first kappa shape index (κ1) is 9.95. The number of nitrogens with zero attached hydrogens (tertiary/aromatic N) is 1. The van der Waals surface area contributed by atoms with Crippen LogP contribution in [0.3, 0.4) is 0 Å². The second-order valence-corrected chi connectivity index (χ2v) is 2.52. The molecule has 0 saturated carbocycles. The molecule has 4 nitrogen and oxygen atoms in total. The Bertz CT molecular complexity index is 265. The fraction of sp³-hybridized carbons (Fsp3) is 0.250. The van der Waals surface area contributed by atoms with Crippen molar-refractivity contribution < 1.29 is 14.3 Å². The lowest BCUT2D eigenvalue weighted by Crippen LogP contribution is -2.01. The number of hydrogen-bond donors (Lipinski definition) is 0. The molecule has 0 N–H and O–H groups in total. The highest BCUT2D eigenvalue weighted by molar-refractivity contribution is 6.61. The number of carbonyl (C=O) groups is 1. The van der Waals surface area contributed by atoms with E-state index in [1.54, 1.807) is 18.5 Å². The molecule has 5 heteroatoms. The van der Waals surface area contributed by atoms with Gasteiger partial charge in [-0.05, 0) is 11.6 Å². The summed E-state index contributed by atoms with van der Waals surface area (Å²) in [6, 6.07) is 3.65. The third-order valence-electron chi connectivity index (χ3n) is 1.25. The summed E-state index contributed by atoms with van der Waals surface area (Å²) >= 11 is 4.91. The second kappa shape index (κ2) is 5.50. The number of aromatic nitrogens is 1. The first-order valence-electron chi connectivity index (χ1n) is 3.58. The highest BCUT2D eigenvalue weighted by Crippen LogP contribution is 1.98. The van der Waals surface area contributed by atoms with Gasteiger partial charge >= 0.3 is 5.43 Å². The molecule has 0 saturated heterocycles. The third kappa shape index (κ3) is 4.45. The Morgan fingerprint density at radius 2 is 2.46 bits per heavy atom. The average Bonchev–Trinajstić information content (AvgIpc) is 2.14. The molecule has 0 radical (unpaired) electrons. The van der Waals surface area contributed by atoms with Crippen molar-refractivity contribution in [1.29, 1.82) is 0 Å². The molecule has 1 aromatic rings. The Labute approximate surface area is 80.4 Å². The van der Waals surface area contributed by atoms with E-state index in [0.29, 0.717) is 6.61 Å². The van der Waals surface area contributed by atoms with E-state index in [1.807, 2.05) is 6.07 Å². The lowest BCUT2D eigenvalue weighted by Gasteiger charge is -2.02. The molecule has 0 fully saturated rings. The van der Waals surface area contributed by atoms with Gasteiger partial charge in [0, 0.05) is 24.0 Å². The smallest absolute Gasteiger partial charge is 0.405 e. The number of rotatable bonds is 4. The van der Waals surface area contributed by atoms with Crippen LogP contribution in [0.15, 0.2) is 24.5 Å². The fourth-order valence-corrected chi connectivity index (χ4v) is 0.776. The van der Waals surface area contributed by atoms with Gasteiger partial charge in [-0.2, -0.15) is 0 Å². The zero-order valence-electron chi connectivity index (χ0n) is 6.77. The summed E-state index contributed by atoms with van der Waals surface area (Å²) in [7, 11) is 0. The minimum absolute atomic E-state index is 0.142. The summed E-state index contributed by atoms with van der Waals surface area (Å²) in [5.41, 5.74) is 0.0410. The molecule has 0 bridgehead atoms. The molecule has 13 heavy (non-hydrogen) atoms. The Kier molecular flexibility index (Phi) is 4.21. The van der Waals surface area contributed by atoms with Crippen LogP contribution in [0.25, 0.3) is 0 Å². The normalized spacial score (nSPS) is 9.62. The summed E-state index contributed by atoms with van der Waals surface area (Å²) < 4.78 is 9.31. The van der Waals surface area contributed by atoms with E-state index < -0.39 is 5.43 Å². The van der Waals surface area contributed by atoms with Gasteiger partial charge in [-0.25, -0.2) is 4.79 Å². The largest absolute Gasteiger partial charge is 0.426 e. The van der Waals surface area contributed by atoms with Crippen LogP contribution in [-0.2, 0) is 16.1 Å². The van der Waals surface area contributed by atoms with Crippen LogP contribution in [0.4, 0.5) is 4.79 Å². The summed E-state index contributed by atoms with van der Waals surface area (Å²) in [6.07, 6.45) is 3.34. The Hall–Kier alpha value is -1.13. The monoisotopic (exact) mass is 201 g/mol. The molecule has 0 amide bonds. The molecule has 0 aromatic carbocycles. The van der Waals surface area contributed by atoms with Gasteiger partial charge < -0.3 is 9.47 Å². The van der Waals surface area contributed by atoms with Crippen LogP contribution < -0.4 is 0 Å². The van der Waals surface area contributed by atoms with Crippen molar-refractivity contribution in [3.8, 4) is 0 Å². The van der Waals surface area contributed by atoms with Crippen LogP contribution in [-0.4, -0.2) is 17.2 Å². The SMILES string of the molecule is O=C(Cl)OCOCc1cccnc1. The number of hydrogen-bond acceptors (Lipinski definition) is 4. The van der Waals surface area contributed by atoms with Crippen molar-refractivity contribution in [2.24, 2.45) is 0 Å². The molecule has 0 spiro atoms. The maximum absolute atomic E-state index is 10.1. The molecule has 0 atom stereocenters. The van der Waals surface area contributed by atoms with Crippen LogP contribution in [0.2, 0.25) is 0 Å². The van der Waals surface area contributed by atoms with Crippen molar-refractivity contribution in [3.05, 3.63) is 30.1 Å². The van der Waals surface area contributed by atoms with E-state index in [-0.39, 0.29) is 6.79 Å². The first-order chi connectivity index (χ1) is 6.29. The van der Waals surface area contributed by atoms with Crippen molar-refractivity contribution in [1.82, 2.24) is 4.98 Å². The lowest BCUT2D eigenvalue weighted by molar-refractivity contribution is -0.0151. The van der Waals surface area contributed by atoms with Gasteiger partial charge in [0.25, 0.3) is 0 Å². The van der Waals surface area contributed by atoms with Crippen LogP contribution in [0.1, 0.15) is 5.56 Å². The van der Waals surface area contributed by atoms with Crippen molar-refractivity contribution in [3.63, 3.8) is 0 Å². The zero-order chi connectivity index (χ0) is 9.52. The van der Waals surface area contributed by atoms with Crippen molar-refractivity contribution >= 4 is 17.0 Å². The maximum Gasteiger partial charge on any atom is 0.405 e. The van der Waals surface area contributed by atoms with Crippen LogP contribution in [0, 0.1) is 0 Å². The van der Waals surface area contributed by atoms with Gasteiger partial charge in [0.15, 0.2) is 6.79 Å². The van der Waals surface area contributed by atoms with Gasteiger partial charge in [0.1, 0.15) is 0 Å². The quantitative estimate of drug-likeness (QED) is 0.424. The van der Waals surface area contributed by atoms with Gasteiger partial charge in [-0.1, -0.05) is 6.07 Å². The Morgan fingerprint density at radius 1 is 1.62 bits per heavy atom. The highest BCUT2D eigenvalue weighted by Gasteiger charge is 1.95. The molecule has 1 heterocycles. The Balaban J connectivity index is 2.17. The lowest BCUT2D eigenvalue weighted by atomic mass is 10.3. The molecule has 0 aliphatic carbocycles. The molecule has 0 aliphatic heterocycles. The van der Waals surface area contributed by atoms with Crippen LogP contribution in [0.5, 0.6) is 0 Å². The van der Waals surface area contributed by atoms with Crippen molar-refractivity contribution in [2.45, 2.75) is 6.61 Å². The van der Waals surface area contributed by atoms with E-state index in [4.69, 9.17) is 16.3 Å². The average molecular weight is 202 g/mol. The summed E-state index contributed by atoms with van der Waals surface area (Å²) in [6.45, 7) is 0.204. The topological polar surface area (TPSA) is 48.4 Å². The standard InChI is InChI=1S/C8H8ClNO3/c9-8(11)13-6-12-5-7-2-1-3-10-4-7/h1-4H,5-6H2. The molecule has 0 unspecified atom stereocenters. The molecule has 70 valence electrons. The fourth-order valence-electron chi connectivity index (χ4n) is 0.731. The molecule has 1 rings (SSSR count). The molecule has 1 aromatic heterocycles. The van der Waals surface area contributed by atoms with E-state index in [9.17, 15) is 4.79 Å². The van der Waals surface area contributed by atoms with Gasteiger partial charge in [0.05, 0.1) is 6.61 Å². The highest BCUT2D eigenvalue weighted by atomic mass is 35.5. The zero-order valence-corrected chi connectivity index (χ0v) is 7.53. The molecule has 0 aliphatic rings. The van der Waals surface area contributed by atoms with Crippen LogP contribution >= 0.6 is 11.6 Å². The minimum atomic E-state index is -0.869. The van der Waals surface area contributed by atoms with E-state index in [1.165, 1.54) is 0 Å². The maximum atomic E-state index is 10.1. The third-order valence-corrected chi connectivity index (χ3v) is 1.36. The van der Waals surface area contributed by atoms with E-state index in [0.717, 1.165) is 5.56 Å².